The first kappa shape index (κ1) is 15.9. The van der Waals surface area contributed by atoms with Crippen molar-refractivity contribution in [2.24, 2.45) is 0 Å². The zero-order valence-corrected chi connectivity index (χ0v) is 13.5. The van der Waals surface area contributed by atoms with Crippen LogP contribution in [0.2, 0.25) is 5.02 Å². The zero-order chi connectivity index (χ0) is 15.2. The van der Waals surface area contributed by atoms with Crippen LogP contribution in [0.4, 0.5) is 0 Å². The van der Waals surface area contributed by atoms with Crippen molar-refractivity contribution in [2.75, 3.05) is 5.75 Å². The lowest BCUT2D eigenvalue weighted by Gasteiger charge is -2.15. The fraction of sp³-hybridized carbons (Fsp3) is 0.357. The number of thioether (sulfide) groups is 1. The maximum atomic E-state index is 11.9. The van der Waals surface area contributed by atoms with Crippen LogP contribution in [0.25, 0.3) is 0 Å². The molecule has 0 radical (unpaired) electrons. The largest absolute Gasteiger partial charge is 0.349 e. The Morgan fingerprint density at radius 3 is 2.90 bits per heavy atom. The van der Waals surface area contributed by atoms with Gasteiger partial charge >= 0.3 is 0 Å². The Kier molecular flexibility index (Phi) is 5.64. The highest BCUT2D eigenvalue weighted by molar-refractivity contribution is 7.99. The molecule has 7 heteroatoms. The second-order valence-corrected chi connectivity index (χ2v) is 5.87. The van der Waals surface area contributed by atoms with Crippen LogP contribution >= 0.6 is 23.4 Å². The van der Waals surface area contributed by atoms with E-state index in [0.717, 1.165) is 17.8 Å². The van der Waals surface area contributed by atoms with Gasteiger partial charge in [-0.3, -0.25) is 9.89 Å². The van der Waals surface area contributed by atoms with Gasteiger partial charge in [0.1, 0.15) is 5.82 Å². The number of rotatable bonds is 6. The highest BCUT2D eigenvalue weighted by Gasteiger charge is 2.13. The molecule has 1 unspecified atom stereocenters. The van der Waals surface area contributed by atoms with Gasteiger partial charge in [0.15, 0.2) is 0 Å². The number of aromatic nitrogens is 3. The summed E-state index contributed by atoms with van der Waals surface area (Å²) in [5.74, 6) is 1.02. The van der Waals surface area contributed by atoms with Gasteiger partial charge < -0.3 is 5.32 Å². The van der Waals surface area contributed by atoms with Crippen LogP contribution < -0.4 is 5.32 Å². The topological polar surface area (TPSA) is 70.7 Å². The second kappa shape index (κ2) is 7.47. The fourth-order valence-corrected chi connectivity index (χ4v) is 2.75. The van der Waals surface area contributed by atoms with Gasteiger partial charge in [-0.05, 0) is 18.6 Å². The quantitative estimate of drug-likeness (QED) is 0.801. The summed E-state index contributed by atoms with van der Waals surface area (Å²) in [5, 5.41) is 11.0. The van der Waals surface area contributed by atoms with Crippen molar-refractivity contribution in [3.63, 3.8) is 0 Å². The molecule has 21 heavy (non-hydrogen) atoms. The molecule has 0 bridgehead atoms. The third kappa shape index (κ3) is 4.47. The van der Waals surface area contributed by atoms with Gasteiger partial charge in [-0.1, -0.05) is 48.5 Å². The van der Waals surface area contributed by atoms with Crippen LogP contribution in [-0.4, -0.2) is 26.8 Å². The van der Waals surface area contributed by atoms with Crippen LogP contribution in [0.15, 0.2) is 29.4 Å². The standard InChI is InChI=1S/C14H17ClN4OS/c1-3-12-17-14(19-18-12)21-8-13(20)16-9(2)10-6-4-5-7-11(10)15/h4-7,9H,3,8H2,1-2H3,(H,16,20)(H,17,18,19). The zero-order valence-electron chi connectivity index (χ0n) is 11.9. The number of H-pyrrole nitrogens is 1. The molecule has 2 aromatic rings. The molecule has 0 aliphatic heterocycles. The number of benzene rings is 1. The molecule has 0 aliphatic carbocycles. The number of nitrogens with one attached hydrogen (secondary N) is 2. The van der Waals surface area contributed by atoms with Crippen molar-refractivity contribution in [1.82, 2.24) is 20.5 Å². The minimum atomic E-state index is -0.134. The van der Waals surface area contributed by atoms with E-state index in [-0.39, 0.29) is 17.7 Å². The Labute approximate surface area is 132 Å². The van der Waals surface area contributed by atoms with Gasteiger partial charge in [0.25, 0.3) is 0 Å². The smallest absolute Gasteiger partial charge is 0.230 e. The van der Waals surface area contributed by atoms with Gasteiger partial charge in [0, 0.05) is 11.4 Å². The van der Waals surface area contributed by atoms with Gasteiger partial charge in [0.2, 0.25) is 11.1 Å². The molecule has 0 aliphatic rings. The van der Waals surface area contributed by atoms with Crippen molar-refractivity contribution >= 4 is 29.3 Å². The van der Waals surface area contributed by atoms with E-state index in [2.05, 4.69) is 20.5 Å². The van der Waals surface area contributed by atoms with E-state index >= 15 is 0 Å². The number of hydrogen-bond donors (Lipinski definition) is 2. The molecule has 112 valence electrons. The van der Waals surface area contributed by atoms with Crippen LogP contribution in [0.5, 0.6) is 0 Å². The molecule has 1 heterocycles. The van der Waals surface area contributed by atoms with Crippen LogP contribution in [-0.2, 0) is 11.2 Å². The molecular weight excluding hydrogens is 308 g/mol. The molecule has 1 aromatic heterocycles. The molecule has 2 N–H and O–H groups in total. The van der Waals surface area contributed by atoms with E-state index in [1.54, 1.807) is 0 Å². The lowest BCUT2D eigenvalue weighted by molar-refractivity contribution is -0.119. The highest BCUT2D eigenvalue weighted by Crippen LogP contribution is 2.22. The lowest BCUT2D eigenvalue weighted by Crippen LogP contribution is -2.28. The maximum Gasteiger partial charge on any atom is 0.230 e. The van der Waals surface area contributed by atoms with E-state index in [0.29, 0.717) is 10.2 Å². The van der Waals surface area contributed by atoms with Crippen molar-refractivity contribution in [3.05, 3.63) is 40.7 Å². The summed E-state index contributed by atoms with van der Waals surface area (Å²) in [4.78, 5) is 16.2. The van der Waals surface area contributed by atoms with E-state index in [9.17, 15) is 4.79 Å². The molecule has 0 saturated heterocycles. The molecule has 1 aromatic carbocycles. The summed E-state index contributed by atoms with van der Waals surface area (Å²) in [6, 6.07) is 7.35. The predicted octanol–water partition coefficient (Wildman–Crippen LogP) is 2.99. The Morgan fingerprint density at radius 1 is 1.48 bits per heavy atom. The van der Waals surface area contributed by atoms with Crippen molar-refractivity contribution in [3.8, 4) is 0 Å². The Morgan fingerprint density at radius 2 is 2.24 bits per heavy atom. The highest BCUT2D eigenvalue weighted by atomic mass is 35.5. The maximum absolute atomic E-state index is 11.9. The summed E-state index contributed by atoms with van der Waals surface area (Å²) in [6.07, 6.45) is 0.795. The van der Waals surface area contributed by atoms with Crippen LogP contribution in [0.1, 0.15) is 31.3 Å². The van der Waals surface area contributed by atoms with Gasteiger partial charge in [-0.2, -0.15) is 0 Å². The molecule has 0 saturated carbocycles. The molecule has 1 amide bonds. The van der Waals surface area contributed by atoms with E-state index in [4.69, 9.17) is 11.6 Å². The van der Waals surface area contributed by atoms with Gasteiger partial charge in [-0.25, -0.2) is 4.98 Å². The number of amides is 1. The van der Waals surface area contributed by atoms with E-state index in [1.165, 1.54) is 11.8 Å². The molecule has 2 rings (SSSR count). The SMILES string of the molecule is CCc1nc(SCC(=O)NC(C)c2ccccc2Cl)n[nH]1. The average molecular weight is 325 g/mol. The summed E-state index contributed by atoms with van der Waals surface area (Å²) in [7, 11) is 0. The number of halogens is 1. The third-order valence-corrected chi connectivity index (χ3v) is 4.12. The summed E-state index contributed by atoms with van der Waals surface area (Å²) >= 11 is 7.42. The predicted molar refractivity (Wildman–Crippen MR) is 84.5 cm³/mol. The number of aromatic amines is 1. The lowest BCUT2D eigenvalue weighted by atomic mass is 10.1. The van der Waals surface area contributed by atoms with Crippen molar-refractivity contribution in [1.29, 1.82) is 0 Å². The number of carbonyl (C=O) groups is 1. The number of carbonyl (C=O) groups excluding carboxylic acids is 1. The van der Waals surface area contributed by atoms with Crippen LogP contribution in [0.3, 0.4) is 0 Å². The Balaban J connectivity index is 1.85. The molecule has 5 nitrogen and oxygen atoms in total. The molecule has 0 spiro atoms. The number of hydrogen-bond acceptors (Lipinski definition) is 4. The normalized spacial score (nSPS) is 12.1. The molecular formula is C14H17ClN4OS. The summed E-state index contributed by atoms with van der Waals surface area (Å²) < 4.78 is 0. The molecule has 0 fully saturated rings. The minimum absolute atomic E-state index is 0.0738. The van der Waals surface area contributed by atoms with Crippen molar-refractivity contribution < 1.29 is 4.79 Å². The van der Waals surface area contributed by atoms with Crippen LogP contribution in [0, 0.1) is 0 Å². The van der Waals surface area contributed by atoms with Crippen molar-refractivity contribution in [2.45, 2.75) is 31.5 Å². The fourth-order valence-electron chi connectivity index (χ4n) is 1.82. The first-order valence-electron chi connectivity index (χ1n) is 6.68. The minimum Gasteiger partial charge on any atom is -0.349 e. The van der Waals surface area contributed by atoms with Gasteiger partial charge in [0.05, 0.1) is 11.8 Å². The summed E-state index contributed by atoms with van der Waals surface area (Å²) in [5.41, 5.74) is 0.906. The van der Waals surface area contributed by atoms with E-state index in [1.807, 2.05) is 38.1 Å². The average Bonchev–Trinajstić information content (AvgIpc) is 2.93. The first-order chi connectivity index (χ1) is 10.1. The Hall–Kier alpha value is -1.53. The third-order valence-electron chi connectivity index (χ3n) is 2.93. The number of aryl methyl sites for hydroxylation is 1. The van der Waals surface area contributed by atoms with Gasteiger partial charge in [-0.15, -0.1) is 5.10 Å². The summed E-state index contributed by atoms with van der Waals surface area (Å²) in [6.45, 7) is 3.90. The first-order valence-corrected chi connectivity index (χ1v) is 8.04. The Bertz CT molecular complexity index is 617. The number of nitrogens with zero attached hydrogens (tertiary/aromatic N) is 2. The monoisotopic (exact) mass is 324 g/mol. The molecule has 1 atom stereocenters. The second-order valence-electron chi connectivity index (χ2n) is 4.52. The van der Waals surface area contributed by atoms with E-state index < -0.39 is 0 Å².